The topological polar surface area (TPSA) is 77.8 Å². The Labute approximate surface area is 78.4 Å². The molecule has 0 aliphatic heterocycles. The van der Waals surface area contributed by atoms with Crippen molar-refractivity contribution >= 4 is 17.6 Å². The van der Waals surface area contributed by atoms with Crippen molar-refractivity contribution in [1.82, 2.24) is 15.2 Å². The van der Waals surface area contributed by atoms with Crippen molar-refractivity contribution in [2.24, 2.45) is 0 Å². The van der Waals surface area contributed by atoms with Crippen molar-refractivity contribution in [3.05, 3.63) is 24.6 Å². The van der Waals surface area contributed by atoms with Gasteiger partial charge < -0.3 is 10.2 Å². The maximum absolute atomic E-state index is 5.38. The van der Waals surface area contributed by atoms with Crippen LogP contribution >= 0.6 is 11.8 Å². The number of oxazole rings is 1. The standard InChI is InChI=1S/C7H6N4OS/c8-5-1-2-6(11-10-5)13-7-9-3-4-12-7/h1-4H,(H2,8,10). The monoisotopic (exact) mass is 194 g/mol. The Morgan fingerprint density at radius 1 is 1.31 bits per heavy atom. The zero-order valence-corrected chi connectivity index (χ0v) is 7.36. The lowest BCUT2D eigenvalue weighted by molar-refractivity contribution is 0.454. The van der Waals surface area contributed by atoms with E-state index in [0.29, 0.717) is 16.1 Å². The Bertz CT molecular complexity index is 372. The largest absolute Gasteiger partial charge is 0.440 e. The molecule has 13 heavy (non-hydrogen) atoms. The lowest BCUT2D eigenvalue weighted by atomic mass is 10.5. The predicted molar refractivity (Wildman–Crippen MR) is 47.1 cm³/mol. The first-order chi connectivity index (χ1) is 6.34. The Morgan fingerprint density at radius 3 is 2.85 bits per heavy atom. The van der Waals surface area contributed by atoms with E-state index >= 15 is 0 Å². The minimum Gasteiger partial charge on any atom is -0.440 e. The van der Waals surface area contributed by atoms with Crippen LogP contribution in [0.25, 0.3) is 0 Å². The molecule has 2 aromatic rings. The lowest BCUT2D eigenvalue weighted by Gasteiger charge is -1.94. The Morgan fingerprint density at radius 2 is 2.23 bits per heavy atom. The van der Waals surface area contributed by atoms with Gasteiger partial charge in [-0.3, -0.25) is 0 Å². The number of hydrogen-bond donors (Lipinski definition) is 1. The molecule has 0 radical (unpaired) electrons. The van der Waals surface area contributed by atoms with Crippen LogP contribution in [0, 0.1) is 0 Å². The van der Waals surface area contributed by atoms with Crippen molar-refractivity contribution < 1.29 is 4.42 Å². The van der Waals surface area contributed by atoms with Crippen LogP contribution in [-0.2, 0) is 0 Å². The van der Waals surface area contributed by atoms with E-state index < -0.39 is 0 Å². The third kappa shape index (κ3) is 1.97. The molecule has 0 fully saturated rings. The first-order valence-electron chi connectivity index (χ1n) is 3.51. The maximum Gasteiger partial charge on any atom is 0.262 e. The van der Waals surface area contributed by atoms with Gasteiger partial charge in [-0.15, -0.1) is 10.2 Å². The highest BCUT2D eigenvalue weighted by molar-refractivity contribution is 7.99. The molecule has 0 bridgehead atoms. The summed E-state index contributed by atoms with van der Waals surface area (Å²) >= 11 is 1.30. The summed E-state index contributed by atoms with van der Waals surface area (Å²) in [6.07, 6.45) is 3.08. The molecular formula is C7H6N4OS. The van der Waals surface area contributed by atoms with Crippen LogP contribution in [0.3, 0.4) is 0 Å². The van der Waals surface area contributed by atoms with Crippen molar-refractivity contribution in [2.45, 2.75) is 10.2 Å². The highest BCUT2D eigenvalue weighted by Crippen LogP contribution is 2.23. The summed E-state index contributed by atoms with van der Waals surface area (Å²) in [5.41, 5.74) is 5.38. The number of nitrogen functional groups attached to an aromatic ring is 1. The summed E-state index contributed by atoms with van der Waals surface area (Å²) < 4.78 is 5.02. The van der Waals surface area contributed by atoms with Crippen molar-refractivity contribution in [2.75, 3.05) is 5.73 Å². The summed E-state index contributed by atoms with van der Waals surface area (Å²) in [5, 5.41) is 8.78. The maximum atomic E-state index is 5.38. The van der Waals surface area contributed by atoms with E-state index in [1.807, 2.05) is 0 Å². The van der Waals surface area contributed by atoms with Gasteiger partial charge in [0.25, 0.3) is 5.22 Å². The van der Waals surface area contributed by atoms with Crippen LogP contribution in [0.2, 0.25) is 0 Å². The molecule has 0 spiro atoms. The molecule has 5 nitrogen and oxygen atoms in total. The molecule has 2 N–H and O–H groups in total. The van der Waals surface area contributed by atoms with Crippen LogP contribution in [0.15, 0.2) is 39.3 Å². The quantitative estimate of drug-likeness (QED) is 0.773. The molecule has 2 heterocycles. The Balaban J connectivity index is 2.15. The molecule has 2 aromatic heterocycles. The normalized spacial score (nSPS) is 10.2. The fourth-order valence-corrected chi connectivity index (χ4v) is 1.35. The summed E-state index contributed by atoms with van der Waals surface area (Å²) in [6, 6.07) is 3.44. The Hall–Kier alpha value is -1.56. The third-order valence-electron chi connectivity index (χ3n) is 1.26. The van der Waals surface area contributed by atoms with Gasteiger partial charge in [0.05, 0.1) is 6.20 Å². The second kappa shape index (κ2) is 3.44. The predicted octanol–water partition coefficient (Wildman–Crippen LogP) is 1.20. The summed E-state index contributed by atoms with van der Waals surface area (Å²) in [7, 11) is 0. The smallest absolute Gasteiger partial charge is 0.262 e. The second-order valence-corrected chi connectivity index (χ2v) is 3.17. The van der Waals surface area contributed by atoms with Gasteiger partial charge in [-0.1, -0.05) is 0 Å². The van der Waals surface area contributed by atoms with Gasteiger partial charge in [0.2, 0.25) is 0 Å². The third-order valence-corrected chi connectivity index (χ3v) is 2.07. The fourth-order valence-electron chi connectivity index (χ4n) is 0.735. The summed E-state index contributed by atoms with van der Waals surface area (Å²) in [4.78, 5) is 3.93. The van der Waals surface area contributed by atoms with Crippen LogP contribution in [-0.4, -0.2) is 15.2 Å². The van der Waals surface area contributed by atoms with Crippen LogP contribution < -0.4 is 5.73 Å². The van der Waals surface area contributed by atoms with E-state index in [1.165, 1.54) is 18.0 Å². The average Bonchev–Trinajstić information content (AvgIpc) is 2.62. The van der Waals surface area contributed by atoms with E-state index in [0.717, 1.165) is 0 Å². The molecule has 66 valence electrons. The fraction of sp³-hybridized carbons (Fsp3) is 0. The van der Waals surface area contributed by atoms with E-state index in [4.69, 9.17) is 10.2 Å². The SMILES string of the molecule is Nc1ccc(Sc2ncco2)nn1. The van der Waals surface area contributed by atoms with Crippen LogP contribution in [0.1, 0.15) is 0 Å². The van der Waals surface area contributed by atoms with E-state index in [-0.39, 0.29) is 0 Å². The second-order valence-electron chi connectivity index (χ2n) is 2.20. The molecule has 0 aromatic carbocycles. The van der Waals surface area contributed by atoms with Crippen molar-refractivity contribution in [3.63, 3.8) is 0 Å². The minimum atomic E-state index is 0.400. The lowest BCUT2D eigenvalue weighted by Crippen LogP contribution is -1.92. The number of hydrogen-bond acceptors (Lipinski definition) is 6. The first kappa shape index (κ1) is 8.06. The van der Waals surface area contributed by atoms with Crippen LogP contribution in [0.4, 0.5) is 5.82 Å². The molecule has 2 rings (SSSR count). The number of anilines is 1. The van der Waals surface area contributed by atoms with Gasteiger partial charge in [-0.2, -0.15) is 0 Å². The van der Waals surface area contributed by atoms with E-state index in [9.17, 15) is 0 Å². The molecule has 0 aliphatic carbocycles. The number of aromatic nitrogens is 3. The van der Waals surface area contributed by atoms with Gasteiger partial charge >= 0.3 is 0 Å². The molecule has 0 amide bonds. The Kier molecular flexibility index (Phi) is 2.13. The molecule has 0 saturated heterocycles. The zero-order valence-electron chi connectivity index (χ0n) is 6.54. The number of nitrogens with zero attached hydrogens (tertiary/aromatic N) is 3. The van der Waals surface area contributed by atoms with E-state index in [1.54, 1.807) is 18.3 Å². The van der Waals surface area contributed by atoms with Crippen molar-refractivity contribution in [1.29, 1.82) is 0 Å². The molecule has 0 saturated carbocycles. The summed E-state index contributed by atoms with van der Waals surface area (Å²) in [6.45, 7) is 0. The summed E-state index contributed by atoms with van der Waals surface area (Å²) in [5.74, 6) is 0.400. The number of rotatable bonds is 2. The average molecular weight is 194 g/mol. The molecular weight excluding hydrogens is 188 g/mol. The highest BCUT2D eigenvalue weighted by atomic mass is 32.2. The molecule has 6 heteroatoms. The van der Waals surface area contributed by atoms with E-state index in [2.05, 4.69) is 15.2 Å². The zero-order chi connectivity index (χ0) is 9.10. The molecule has 0 atom stereocenters. The van der Waals surface area contributed by atoms with Crippen LogP contribution in [0.5, 0.6) is 0 Å². The van der Waals surface area contributed by atoms with Gasteiger partial charge in [0.1, 0.15) is 17.1 Å². The van der Waals surface area contributed by atoms with Gasteiger partial charge in [-0.25, -0.2) is 4.98 Å². The highest BCUT2D eigenvalue weighted by Gasteiger charge is 2.02. The minimum absolute atomic E-state index is 0.400. The van der Waals surface area contributed by atoms with Gasteiger partial charge in [-0.05, 0) is 23.9 Å². The van der Waals surface area contributed by atoms with Gasteiger partial charge in [0.15, 0.2) is 0 Å². The molecule has 0 aliphatic rings. The van der Waals surface area contributed by atoms with Crippen molar-refractivity contribution in [3.8, 4) is 0 Å². The first-order valence-corrected chi connectivity index (χ1v) is 4.33. The van der Waals surface area contributed by atoms with Gasteiger partial charge in [0, 0.05) is 0 Å². The molecule has 0 unspecified atom stereocenters. The number of nitrogens with two attached hydrogens (primary N) is 1.